The van der Waals surface area contributed by atoms with Crippen molar-refractivity contribution < 1.29 is 9.59 Å². The number of rotatable bonds is 5. The van der Waals surface area contributed by atoms with E-state index in [0.717, 1.165) is 13.1 Å². The first-order valence-electron chi connectivity index (χ1n) is 7.03. The molecule has 5 nitrogen and oxygen atoms in total. The van der Waals surface area contributed by atoms with Gasteiger partial charge in [0.05, 0.1) is 0 Å². The number of carbonyl (C=O) groups excluding carboxylic acids is 2. The number of nitrogens with one attached hydrogen (secondary N) is 2. The molecule has 0 saturated carbocycles. The minimum Gasteiger partial charge on any atom is -0.316 e. The number of Topliss-reactive ketones (excluding diaryl/α,β-unsaturated/α-hetero) is 1. The van der Waals surface area contributed by atoms with Gasteiger partial charge in [-0.25, -0.2) is 4.98 Å². The quantitative estimate of drug-likeness (QED) is 0.818. The molecule has 1 saturated heterocycles. The van der Waals surface area contributed by atoms with Crippen LogP contribution in [-0.4, -0.2) is 29.8 Å². The lowest BCUT2D eigenvalue weighted by atomic mass is 9.85. The van der Waals surface area contributed by atoms with Gasteiger partial charge in [0.2, 0.25) is 5.91 Å². The van der Waals surface area contributed by atoms with Crippen LogP contribution in [0.25, 0.3) is 0 Å². The van der Waals surface area contributed by atoms with Crippen molar-refractivity contribution in [1.82, 2.24) is 10.3 Å². The highest BCUT2D eigenvalue weighted by Crippen LogP contribution is 2.23. The fraction of sp³-hybridized carbons (Fsp3) is 0.643. The third-order valence-corrected chi connectivity index (χ3v) is 4.52. The Labute approximate surface area is 123 Å². The molecule has 1 fully saturated rings. The lowest BCUT2D eigenvalue weighted by Gasteiger charge is -2.27. The van der Waals surface area contributed by atoms with Gasteiger partial charge < -0.3 is 10.6 Å². The summed E-state index contributed by atoms with van der Waals surface area (Å²) in [5.74, 6) is 0.824. The average molecular weight is 295 g/mol. The SMILES string of the molecule is CC(=O)c1csc(NC(=O)CC(C)C2CCCNC2)n1. The largest absolute Gasteiger partial charge is 0.316 e. The number of ketones is 1. The van der Waals surface area contributed by atoms with E-state index in [1.807, 2.05) is 0 Å². The third kappa shape index (κ3) is 4.11. The molecule has 1 aliphatic heterocycles. The van der Waals surface area contributed by atoms with Crippen LogP contribution in [0.4, 0.5) is 5.13 Å². The third-order valence-electron chi connectivity index (χ3n) is 3.76. The number of carbonyl (C=O) groups is 2. The number of aromatic nitrogens is 1. The highest BCUT2D eigenvalue weighted by atomic mass is 32.1. The molecule has 20 heavy (non-hydrogen) atoms. The van der Waals surface area contributed by atoms with Gasteiger partial charge >= 0.3 is 0 Å². The van der Waals surface area contributed by atoms with Gasteiger partial charge in [-0.15, -0.1) is 11.3 Å². The van der Waals surface area contributed by atoms with Gasteiger partial charge in [0, 0.05) is 18.7 Å². The van der Waals surface area contributed by atoms with E-state index in [2.05, 4.69) is 22.5 Å². The topological polar surface area (TPSA) is 71.1 Å². The summed E-state index contributed by atoms with van der Waals surface area (Å²) in [5, 5.41) is 8.34. The molecule has 2 atom stereocenters. The molecule has 0 spiro atoms. The molecule has 2 rings (SSSR count). The summed E-state index contributed by atoms with van der Waals surface area (Å²) in [6.45, 7) is 5.68. The molecular formula is C14H21N3O2S. The second-order valence-corrected chi connectivity index (χ2v) is 6.29. The maximum atomic E-state index is 12.0. The second-order valence-electron chi connectivity index (χ2n) is 5.43. The van der Waals surface area contributed by atoms with Crippen LogP contribution >= 0.6 is 11.3 Å². The van der Waals surface area contributed by atoms with Crippen molar-refractivity contribution in [1.29, 1.82) is 0 Å². The van der Waals surface area contributed by atoms with E-state index in [1.165, 1.54) is 31.1 Å². The zero-order valence-electron chi connectivity index (χ0n) is 11.9. The van der Waals surface area contributed by atoms with E-state index in [1.54, 1.807) is 5.38 Å². The molecule has 2 N–H and O–H groups in total. The number of hydrogen-bond donors (Lipinski definition) is 2. The second kappa shape index (κ2) is 6.95. The van der Waals surface area contributed by atoms with Crippen molar-refractivity contribution in [3.8, 4) is 0 Å². The molecule has 1 amide bonds. The van der Waals surface area contributed by atoms with Crippen LogP contribution in [0.1, 0.15) is 43.6 Å². The predicted molar refractivity (Wildman–Crippen MR) is 80.1 cm³/mol. The van der Waals surface area contributed by atoms with Gasteiger partial charge in [-0.05, 0) is 37.8 Å². The number of anilines is 1. The van der Waals surface area contributed by atoms with E-state index < -0.39 is 0 Å². The summed E-state index contributed by atoms with van der Waals surface area (Å²) in [6, 6.07) is 0. The molecule has 0 bridgehead atoms. The molecule has 0 aromatic carbocycles. The van der Waals surface area contributed by atoms with Gasteiger partial charge in [0.25, 0.3) is 0 Å². The first-order chi connectivity index (χ1) is 9.56. The van der Waals surface area contributed by atoms with E-state index in [0.29, 0.717) is 29.1 Å². The standard InChI is InChI=1S/C14H21N3O2S/c1-9(11-4-3-5-15-7-11)6-13(19)17-14-16-12(8-20-14)10(2)18/h8-9,11,15H,3-7H2,1-2H3,(H,16,17,19). The van der Waals surface area contributed by atoms with E-state index in [9.17, 15) is 9.59 Å². The first kappa shape index (κ1) is 15.1. The van der Waals surface area contributed by atoms with E-state index in [-0.39, 0.29) is 11.7 Å². The fourth-order valence-electron chi connectivity index (χ4n) is 2.49. The normalized spacial score (nSPS) is 20.4. The summed E-state index contributed by atoms with van der Waals surface area (Å²) >= 11 is 1.29. The van der Waals surface area contributed by atoms with Crippen molar-refractivity contribution in [3.05, 3.63) is 11.1 Å². The highest BCUT2D eigenvalue weighted by molar-refractivity contribution is 7.14. The Hall–Kier alpha value is -1.27. The Morgan fingerprint density at radius 1 is 1.60 bits per heavy atom. The fourth-order valence-corrected chi connectivity index (χ4v) is 3.25. The van der Waals surface area contributed by atoms with Crippen molar-refractivity contribution >= 4 is 28.2 Å². The van der Waals surface area contributed by atoms with Crippen molar-refractivity contribution in [2.45, 2.75) is 33.1 Å². The zero-order valence-corrected chi connectivity index (χ0v) is 12.8. The van der Waals surface area contributed by atoms with Crippen LogP contribution in [0.15, 0.2) is 5.38 Å². The molecule has 0 aliphatic carbocycles. The summed E-state index contributed by atoms with van der Waals surface area (Å²) in [7, 11) is 0. The monoisotopic (exact) mass is 295 g/mol. The Balaban J connectivity index is 1.83. The van der Waals surface area contributed by atoms with Crippen molar-refractivity contribution in [3.63, 3.8) is 0 Å². The number of nitrogens with zero attached hydrogens (tertiary/aromatic N) is 1. The van der Waals surface area contributed by atoms with Gasteiger partial charge in [0.15, 0.2) is 10.9 Å². The van der Waals surface area contributed by atoms with E-state index >= 15 is 0 Å². The van der Waals surface area contributed by atoms with Crippen molar-refractivity contribution in [2.75, 3.05) is 18.4 Å². The average Bonchev–Trinajstić information content (AvgIpc) is 2.88. The molecule has 2 unspecified atom stereocenters. The molecule has 2 heterocycles. The smallest absolute Gasteiger partial charge is 0.226 e. The first-order valence-corrected chi connectivity index (χ1v) is 7.91. The number of amides is 1. The van der Waals surface area contributed by atoms with Crippen LogP contribution in [-0.2, 0) is 4.79 Å². The Bertz CT molecular complexity index is 481. The molecule has 1 aromatic heterocycles. The lowest BCUT2D eigenvalue weighted by molar-refractivity contribution is -0.117. The summed E-state index contributed by atoms with van der Waals surface area (Å²) < 4.78 is 0. The van der Waals surface area contributed by atoms with Gasteiger partial charge in [-0.3, -0.25) is 9.59 Å². The lowest BCUT2D eigenvalue weighted by Crippen LogP contribution is -2.34. The number of hydrogen-bond acceptors (Lipinski definition) is 5. The summed E-state index contributed by atoms with van der Waals surface area (Å²) in [5.41, 5.74) is 0.412. The van der Waals surface area contributed by atoms with Crippen LogP contribution in [0, 0.1) is 11.8 Å². The van der Waals surface area contributed by atoms with Gasteiger partial charge in [-0.2, -0.15) is 0 Å². The Kier molecular flexibility index (Phi) is 5.25. The molecule has 0 radical (unpaired) electrons. The molecule has 1 aliphatic rings. The Morgan fingerprint density at radius 2 is 2.40 bits per heavy atom. The van der Waals surface area contributed by atoms with Crippen LogP contribution in [0.3, 0.4) is 0 Å². The minimum atomic E-state index is -0.0802. The molecular weight excluding hydrogens is 274 g/mol. The molecule has 6 heteroatoms. The summed E-state index contributed by atoms with van der Waals surface area (Å²) in [6.07, 6.45) is 2.87. The van der Waals surface area contributed by atoms with Crippen LogP contribution in [0.5, 0.6) is 0 Å². The molecule has 1 aromatic rings. The summed E-state index contributed by atoms with van der Waals surface area (Å²) in [4.78, 5) is 27.2. The van der Waals surface area contributed by atoms with E-state index in [4.69, 9.17) is 0 Å². The van der Waals surface area contributed by atoms with Gasteiger partial charge in [0.1, 0.15) is 5.69 Å². The molecule has 110 valence electrons. The maximum absolute atomic E-state index is 12.0. The minimum absolute atomic E-state index is 0.0208. The number of piperidine rings is 1. The zero-order chi connectivity index (χ0) is 14.5. The van der Waals surface area contributed by atoms with Crippen molar-refractivity contribution in [2.24, 2.45) is 11.8 Å². The Morgan fingerprint density at radius 3 is 3.00 bits per heavy atom. The number of thiazole rings is 1. The van der Waals surface area contributed by atoms with Crippen LogP contribution in [0.2, 0.25) is 0 Å². The van der Waals surface area contributed by atoms with Gasteiger partial charge in [-0.1, -0.05) is 6.92 Å². The van der Waals surface area contributed by atoms with Crippen LogP contribution < -0.4 is 10.6 Å². The predicted octanol–water partition coefficient (Wildman–Crippen LogP) is 2.31. The highest BCUT2D eigenvalue weighted by Gasteiger charge is 2.22. The maximum Gasteiger partial charge on any atom is 0.226 e.